The summed E-state index contributed by atoms with van der Waals surface area (Å²) in [6.07, 6.45) is 0.843. The lowest BCUT2D eigenvalue weighted by molar-refractivity contribution is 0.112. The van der Waals surface area contributed by atoms with Gasteiger partial charge in [0, 0.05) is 24.8 Å². The van der Waals surface area contributed by atoms with Gasteiger partial charge < -0.3 is 0 Å². The van der Waals surface area contributed by atoms with Crippen molar-refractivity contribution in [3.63, 3.8) is 0 Å². The molecule has 0 amide bonds. The fourth-order valence-electron chi connectivity index (χ4n) is 1.34. The SMILES string of the molecule is O=Cc1ccc(Cl)cc1Sc1ccccc1Br. The molecule has 0 heterocycles. The van der Waals surface area contributed by atoms with Crippen molar-refractivity contribution in [2.24, 2.45) is 0 Å². The number of carbonyl (C=O) groups excluding carboxylic acids is 1. The maximum Gasteiger partial charge on any atom is 0.151 e. The minimum atomic E-state index is 0.630. The molecule has 0 aliphatic rings. The fraction of sp³-hybridized carbons (Fsp3) is 0. The highest BCUT2D eigenvalue weighted by atomic mass is 79.9. The molecule has 0 radical (unpaired) electrons. The van der Waals surface area contributed by atoms with Gasteiger partial charge in [-0.2, -0.15) is 0 Å². The quantitative estimate of drug-likeness (QED) is 0.732. The molecule has 1 nitrogen and oxygen atoms in total. The molecule has 4 heteroatoms. The maximum absolute atomic E-state index is 10.9. The highest BCUT2D eigenvalue weighted by molar-refractivity contribution is 9.10. The van der Waals surface area contributed by atoms with Crippen LogP contribution in [-0.4, -0.2) is 6.29 Å². The van der Waals surface area contributed by atoms with E-state index in [9.17, 15) is 4.79 Å². The van der Waals surface area contributed by atoms with Gasteiger partial charge in [-0.1, -0.05) is 35.5 Å². The van der Waals surface area contributed by atoms with E-state index < -0.39 is 0 Å². The molecule has 2 aromatic carbocycles. The van der Waals surface area contributed by atoms with Crippen LogP contribution in [0, 0.1) is 0 Å². The van der Waals surface area contributed by atoms with Crippen LogP contribution in [0.1, 0.15) is 10.4 Å². The minimum absolute atomic E-state index is 0.630. The van der Waals surface area contributed by atoms with Gasteiger partial charge >= 0.3 is 0 Å². The highest BCUT2D eigenvalue weighted by Gasteiger charge is 2.07. The standard InChI is InChI=1S/C13H8BrClOS/c14-11-3-1-2-4-12(11)17-13-7-10(15)6-5-9(13)8-16/h1-8H. The van der Waals surface area contributed by atoms with Crippen molar-refractivity contribution in [2.45, 2.75) is 9.79 Å². The topological polar surface area (TPSA) is 17.1 Å². The first-order chi connectivity index (χ1) is 8.20. The molecule has 2 aromatic rings. The molecule has 0 aromatic heterocycles. The third-order valence-corrected chi connectivity index (χ3v) is 4.50. The van der Waals surface area contributed by atoms with Crippen LogP contribution in [0.3, 0.4) is 0 Å². The Kier molecular flexibility index (Phi) is 4.26. The summed E-state index contributed by atoms with van der Waals surface area (Å²) in [4.78, 5) is 12.9. The Balaban J connectivity index is 2.39. The molecular formula is C13H8BrClOS. The molecule has 0 atom stereocenters. The average Bonchev–Trinajstić information content (AvgIpc) is 2.32. The van der Waals surface area contributed by atoms with Gasteiger partial charge in [0.2, 0.25) is 0 Å². The Morgan fingerprint density at radius 1 is 1.12 bits per heavy atom. The number of rotatable bonds is 3. The van der Waals surface area contributed by atoms with Crippen LogP contribution >= 0.6 is 39.3 Å². The first-order valence-corrected chi connectivity index (χ1v) is 6.86. The second kappa shape index (κ2) is 5.71. The summed E-state index contributed by atoms with van der Waals surface area (Å²) in [5.41, 5.74) is 0.648. The lowest BCUT2D eigenvalue weighted by Gasteiger charge is -2.06. The molecule has 17 heavy (non-hydrogen) atoms. The van der Waals surface area contributed by atoms with Crippen molar-refractivity contribution < 1.29 is 4.79 Å². The Morgan fingerprint density at radius 2 is 1.88 bits per heavy atom. The number of benzene rings is 2. The van der Waals surface area contributed by atoms with Gasteiger partial charge in [0.25, 0.3) is 0 Å². The van der Waals surface area contributed by atoms with Crippen LogP contribution in [0.4, 0.5) is 0 Å². The molecule has 0 unspecified atom stereocenters. The number of halogens is 2. The highest BCUT2D eigenvalue weighted by Crippen LogP contribution is 2.35. The number of aldehydes is 1. The Hall–Kier alpha value is -0.770. The van der Waals surface area contributed by atoms with E-state index in [1.807, 2.05) is 24.3 Å². The monoisotopic (exact) mass is 326 g/mol. The first-order valence-electron chi connectivity index (χ1n) is 4.88. The van der Waals surface area contributed by atoms with Crippen LogP contribution < -0.4 is 0 Å². The largest absolute Gasteiger partial charge is 0.298 e. The van der Waals surface area contributed by atoms with Gasteiger partial charge in [0.05, 0.1) is 0 Å². The van der Waals surface area contributed by atoms with Crippen molar-refractivity contribution in [3.05, 3.63) is 57.5 Å². The van der Waals surface area contributed by atoms with Crippen LogP contribution in [-0.2, 0) is 0 Å². The van der Waals surface area contributed by atoms with Gasteiger partial charge in [-0.05, 0) is 46.3 Å². The summed E-state index contributed by atoms with van der Waals surface area (Å²) in [7, 11) is 0. The molecule has 0 spiro atoms. The van der Waals surface area contributed by atoms with Gasteiger partial charge in [-0.25, -0.2) is 0 Å². The third kappa shape index (κ3) is 3.12. The molecule has 0 aliphatic carbocycles. The zero-order valence-corrected chi connectivity index (χ0v) is 11.8. The Bertz CT molecular complexity index is 557. The maximum atomic E-state index is 10.9. The predicted octanol–water partition coefficient (Wildman–Crippen LogP) is 5.07. The Labute approximate surface area is 117 Å². The molecule has 86 valence electrons. The second-order valence-electron chi connectivity index (χ2n) is 3.33. The zero-order valence-electron chi connectivity index (χ0n) is 8.69. The second-order valence-corrected chi connectivity index (χ2v) is 5.71. The summed E-state index contributed by atoms with van der Waals surface area (Å²) in [6.45, 7) is 0. The van der Waals surface area contributed by atoms with E-state index in [2.05, 4.69) is 15.9 Å². The molecule has 0 fully saturated rings. The summed E-state index contributed by atoms with van der Waals surface area (Å²) in [5.74, 6) is 0. The third-order valence-electron chi connectivity index (χ3n) is 2.16. The van der Waals surface area contributed by atoms with Crippen LogP contribution in [0.5, 0.6) is 0 Å². The van der Waals surface area contributed by atoms with E-state index in [4.69, 9.17) is 11.6 Å². The van der Waals surface area contributed by atoms with E-state index in [0.29, 0.717) is 10.6 Å². The fourth-order valence-corrected chi connectivity index (χ4v) is 3.07. The van der Waals surface area contributed by atoms with E-state index >= 15 is 0 Å². The summed E-state index contributed by atoms with van der Waals surface area (Å²) >= 11 is 10.9. The van der Waals surface area contributed by atoms with E-state index in [1.165, 1.54) is 11.8 Å². The van der Waals surface area contributed by atoms with Gasteiger partial charge in [-0.3, -0.25) is 4.79 Å². The molecule has 0 aliphatic heterocycles. The van der Waals surface area contributed by atoms with Crippen molar-refractivity contribution >= 4 is 45.6 Å². The van der Waals surface area contributed by atoms with Crippen molar-refractivity contribution in [3.8, 4) is 0 Å². The van der Waals surface area contributed by atoms with Crippen LogP contribution in [0.2, 0.25) is 5.02 Å². The van der Waals surface area contributed by atoms with Crippen LogP contribution in [0.25, 0.3) is 0 Å². The zero-order chi connectivity index (χ0) is 12.3. The number of hydrogen-bond acceptors (Lipinski definition) is 2. The summed E-state index contributed by atoms with van der Waals surface area (Å²) < 4.78 is 1.00. The van der Waals surface area contributed by atoms with Gasteiger partial charge in [0.1, 0.15) is 0 Å². The average molecular weight is 328 g/mol. The summed E-state index contributed by atoms with van der Waals surface area (Å²) in [6, 6.07) is 13.1. The van der Waals surface area contributed by atoms with Crippen molar-refractivity contribution in [2.75, 3.05) is 0 Å². The lowest BCUT2D eigenvalue weighted by Crippen LogP contribution is -1.85. The first kappa shape index (κ1) is 12.7. The molecule has 2 rings (SSSR count). The van der Waals surface area contributed by atoms with Gasteiger partial charge in [0.15, 0.2) is 6.29 Å². The van der Waals surface area contributed by atoms with E-state index in [0.717, 1.165) is 20.5 Å². The predicted molar refractivity (Wildman–Crippen MR) is 75.1 cm³/mol. The smallest absolute Gasteiger partial charge is 0.151 e. The van der Waals surface area contributed by atoms with Crippen molar-refractivity contribution in [1.82, 2.24) is 0 Å². The van der Waals surface area contributed by atoms with Crippen LogP contribution in [0.15, 0.2) is 56.7 Å². The van der Waals surface area contributed by atoms with Crippen molar-refractivity contribution in [1.29, 1.82) is 0 Å². The van der Waals surface area contributed by atoms with E-state index in [1.54, 1.807) is 18.2 Å². The lowest BCUT2D eigenvalue weighted by atomic mass is 10.2. The molecule has 0 bridgehead atoms. The van der Waals surface area contributed by atoms with Gasteiger partial charge in [-0.15, -0.1) is 0 Å². The Morgan fingerprint density at radius 3 is 2.59 bits per heavy atom. The minimum Gasteiger partial charge on any atom is -0.298 e. The summed E-state index contributed by atoms with van der Waals surface area (Å²) in [5, 5.41) is 0.630. The number of hydrogen-bond donors (Lipinski definition) is 0. The molecule has 0 saturated carbocycles. The number of carbonyl (C=O) groups is 1. The van der Waals surface area contributed by atoms with E-state index in [-0.39, 0.29) is 0 Å². The molecular weight excluding hydrogens is 320 g/mol. The molecule has 0 N–H and O–H groups in total. The molecule has 0 saturated heterocycles. The normalized spacial score (nSPS) is 10.2.